The summed E-state index contributed by atoms with van der Waals surface area (Å²) in [5, 5.41) is 3.95. The second kappa shape index (κ2) is 6.54. The third kappa shape index (κ3) is 3.23. The summed E-state index contributed by atoms with van der Waals surface area (Å²) in [4.78, 5) is 13.3. The average molecular weight is 311 g/mol. The van der Waals surface area contributed by atoms with Gasteiger partial charge in [-0.1, -0.05) is 23.7 Å². The van der Waals surface area contributed by atoms with Crippen LogP contribution in [0.5, 0.6) is 0 Å². The van der Waals surface area contributed by atoms with E-state index < -0.39 is 0 Å². The molecule has 2 heterocycles. The summed E-state index contributed by atoms with van der Waals surface area (Å²) in [6.45, 7) is 2.83. The Kier molecular flexibility index (Phi) is 4.30. The molecule has 0 amide bonds. The van der Waals surface area contributed by atoms with Crippen molar-refractivity contribution in [3.63, 3.8) is 0 Å². The van der Waals surface area contributed by atoms with Gasteiger partial charge in [-0.25, -0.2) is 9.97 Å². The van der Waals surface area contributed by atoms with Crippen molar-refractivity contribution < 1.29 is 0 Å². The van der Waals surface area contributed by atoms with Crippen LogP contribution in [0.2, 0.25) is 5.02 Å². The van der Waals surface area contributed by atoms with E-state index in [0.717, 1.165) is 29.2 Å². The van der Waals surface area contributed by atoms with Crippen LogP contribution in [0.4, 0.5) is 5.82 Å². The van der Waals surface area contributed by atoms with Gasteiger partial charge in [-0.15, -0.1) is 0 Å². The quantitative estimate of drug-likeness (QED) is 0.781. The van der Waals surface area contributed by atoms with Gasteiger partial charge < -0.3 is 5.32 Å². The lowest BCUT2D eigenvalue weighted by Gasteiger charge is -2.09. The molecule has 3 rings (SSSR count). The van der Waals surface area contributed by atoms with E-state index in [-0.39, 0.29) is 0 Å². The Bertz CT molecular complexity index is 757. The lowest BCUT2D eigenvalue weighted by Crippen LogP contribution is -2.02. The highest BCUT2D eigenvalue weighted by molar-refractivity contribution is 6.30. The van der Waals surface area contributed by atoms with E-state index in [9.17, 15) is 0 Å². The van der Waals surface area contributed by atoms with Crippen molar-refractivity contribution >= 4 is 17.4 Å². The molecule has 0 atom stereocenters. The van der Waals surface area contributed by atoms with Crippen molar-refractivity contribution in [1.82, 2.24) is 15.0 Å². The summed E-state index contributed by atoms with van der Waals surface area (Å²) in [6.07, 6.45) is 3.49. The fourth-order valence-corrected chi connectivity index (χ4v) is 2.24. The Morgan fingerprint density at radius 2 is 1.86 bits per heavy atom. The molecule has 1 N–H and O–H groups in total. The minimum atomic E-state index is 0.650. The molecular weight excluding hydrogens is 296 g/mol. The monoisotopic (exact) mass is 310 g/mol. The molecular formula is C17H15ClN4. The first-order valence-electron chi connectivity index (χ1n) is 7.05. The topological polar surface area (TPSA) is 50.7 Å². The molecule has 0 spiro atoms. The lowest BCUT2D eigenvalue weighted by molar-refractivity contribution is 1.11. The summed E-state index contributed by atoms with van der Waals surface area (Å²) >= 11 is 5.95. The number of nitrogens with one attached hydrogen (secondary N) is 1. The van der Waals surface area contributed by atoms with Gasteiger partial charge in [0.25, 0.3) is 0 Å². The zero-order valence-corrected chi connectivity index (χ0v) is 12.9. The molecule has 0 fully saturated rings. The summed E-state index contributed by atoms with van der Waals surface area (Å²) < 4.78 is 0. The van der Waals surface area contributed by atoms with E-state index in [1.807, 2.05) is 49.4 Å². The van der Waals surface area contributed by atoms with Gasteiger partial charge in [0.2, 0.25) is 0 Å². The van der Waals surface area contributed by atoms with Crippen LogP contribution in [0.15, 0.2) is 54.9 Å². The van der Waals surface area contributed by atoms with Crippen molar-refractivity contribution in [2.75, 3.05) is 11.9 Å². The third-order valence-electron chi connectivity index (χ3n) is 3.14. The molecule has 0 saturated carbocycles. The zero-order chi connectivity index (χ0) is 15.4. The van der Waals surface area contributed by atoms with E-state index in [2.05, 4.69) is 20.3 Å². The van der Waals surface area contributed by atoms with Gasteiger partial charge in [-0.2, -0.15) is 0 Å². The van der Waals surface area contributed by atoms with Gasteiger partial charge in [0.15, 0.2) is 5.82 Å². The fourth-order valence-electron chi connectivity index (χ4n) is 2.11. The van der Waals surface area contributed by atoms with Crippen molar-refractivity contribution in [3.8, 4) is 22.6 Å². The van der Waals surface area contributed by atoms with E-state index in [1.165, 1.54) is 0 Å². The van der Waals surface area contributed by atoms with E-state index in [0.29, 0.717) is 10.8 Å². The first kappa shape index (κ1) is 14.5. The predicted octanol–water partition coefficient (Wildman–Crippen LogP) is 4.29. The van der Waals surface area contributed by atoms with E-state index in [4.69, 9.17) is 11.6 Å². The molecule has 0 aliphatic heterocycles. The van der Waals surface area contributed by atoms with Crippen LogP contribution < -0.4 is 5.32 Å². The molecule has 4 nitrogen and oxygen atoms in total. The Morgan fingerprint density at radius 3 is 2.55 bits per heavy atom. The Labute approximate surface area is 134 Å². The molecule has 0 bridgehead atoms. The third-order valence-corrected chi connectivity index (χ3v) is 3.40. The second-order valence-corrected chi connectivity index (χ2v) is 5.18. The largest absolute Gasteiger partial charge is 0.370 e. The highest BCUT2D eigenvalue weighted by Crippen LogP contribution is 2.25. The molecule has 2 aromatic heterocycles. The van der Waals surface area contributed by atoms with Crippen LogP contribution in [0.1, 0.15) is 6.92 Å². The number of pyridine rings is 1. The predicted molar refractivity (Wildman–Crippen MR) is 89.9 cm³/mol. The number of anilines is 1. The van der Waals surface area contributed by atoms with Gasteiger partial charge >= 0.3 is 0 Å². The van der Waals surface area contributed by atoms with Gasteiger partial charge in [0.1, 0.15) is 5.82 Å². The fraction of sp³-hybridized carbons (Fsp3) is 0.118. The standard InChI is InChI=1S/C17H15ClN4/c1-2-20-16-10-15(12-5-7-14(18)8-6-12)21-17(22-16)13-4-3-9-19-11-13/h3-11H,2H2,1H3,(H,20,21,22). The molecule has 0 radical (unpaired) electrons. The minimum absolute atomic E-state index is 0.650. The summed E-state index contributed by atoms with van der Waals surface area (Å²) in [7, 11) is 0. The van der Waals surface area contributed by atoms with Crippen LogP contribution in [0, 0.1) is 0 Å². The molecule has 110 valence electrons. The summed E-state index contributed by atoms with van der Waals surface area (Å²) in [6, 6.07) is 13.4. The highest BCUT2D eigenvalue weighted by Gasteiger charge is 2.08. The maximum Gasteiger partial charge on any atom is 0.163 e. The van der Waals surface area contributed by atoms with Crippen molar-refractivity contribution in [2.45, 2.75) is 6.92 Å². The molecule has 0 aliphatic rings. The minimum Gasteiger partial charge on any atom is -0.370 e. The number of aromatic nitrogens is 3. The first-order chi connectivity index (χ1) is 10.8. The molecule has 0 unspecified atom stereocenters. The number of benzene rings is 1. The highest BCUT2D eigenvalue weighted by atomic mass is 35.5. The first-order valence-corrected chi connectivity index (χ1v) is 7.43. The lowest BCUT2D eigenvalue weighted by atomic mass is 10.1. The molecule has 3 aromatic rings. The van der Waals surface area contributed by atoms with Gasteiger partial charge in [-0.3, -0.25) is 4.98 Å². The molecule has 1 aromatic carbocycles. The maximum absolute atomic E-state index is 5.95. The number of halogens is 1. The molecule has 0 saturated heterocycles. The van der Waals surface area contributed by atoms with Crippen molar-refractivity contribution in [2.24, 2.45) is 0 Å². The molecule has 0 aliphatic carbocycles. The summed E-state index contributed by atoms with van der Waals surface area (Å²) in [5.41, 5.74) is 2.73. The van der Waals surface area contributed by atoms with Gasteiger partial charge in [0, 0.05) is 41.2 Å². The van der Waals surface area contributed by atoms with Crippen LogP contribution in [0.25, 0.3) is 22.6 Å². The SMILES string of the molecule is CCNc1cc(-c2ccc(Cl)cc2)nc(-c2cccnc2)n1. The zero-order valence-electron chi connectivity index (χ0n) is 12.1. The average Bonchev–Trinajstić information content (AvgIpc) is 2.56. The number of hydrogen-bond donors (Lipinski definition) is 1. The number of rotatable bonds is 4. The summed E-state index contributed by atoms with van der Waals surface area (Å²) in [5.74, 6) is 1.44. The molecule has 5 heteroatoms. The number of nitrogens with zero attached hydrogens (tertiary/aromatic N) is 3. The second-order valence-electron chi connectivity index (χ2n) is 4.74. The van der Waals surface area contributed by atoms with E-state index >= 15 is 0 Å². The van der Waals surface area contributed by atoms with Crippen molar-refractivity contribution in [1.29, 1.82) is 0 Å². The maximum atomic E-state index is 5.95. The van der Waals surface area contributed by atoms with Crippen LogP contribution in [-0.4, -0.2) is 21.5 Å². The van der Waals surface area contributed by atoms with Crippen LogP contribution in [0.3, 0.4) is 0 Å². The molecule has 22 heavy (non-hydrogen) atoms. The van der Waals surface area contributed by atoms with Crippen LogP contribution >= 0.6 is 11.6 Å². The number of hydrogen-bond acceptors (Lipinski definition) is 4. The Morgan fingerprint density at radius 1 is 1.05 bits per heavy atom. The van der Waals surface area contributed by atoms with Gasteiger partial charge in [-0.05, 0) is 31.2 Å². The van der Waals surface area contributed by atoms with Gasteiger partial charge in [0.05, 0.1) is 5.69 Å². The van der Waals surface area contributed by atoms with E-state index in [1.54, 1.807) is 12.4 Å². The van der Waals surface area contributed by atoms with Crippen molar-refractivity contribution in [3.05, 3.63) is 59.9 Å². The normalized spacial score (nSPS) is 10.5. The smallest absolute Gasteiger partial charge is 0.163 e. The van der Waals surface area contributed by atoms with Crippen LogP contribution in [-0.2, 0) is 0 Å². The Balaban J connectivity index is 2.09. The Hall–Kier alpha value is -2.46.